The average molecular weight is 298 g/mol. The van der Waals surface area contributed by atoms with Gasteiger partial charge in [0.15, 0.2) is 0 Å². The molecule has 0 aliphatic rings. The van der Waals surface area contributed by atoms with Crippen LogP contribution in [-0.2, 0) is 11.3 Å². The van der Waals surface area contributed by atoms with E-state index in [1.165, 1.54) is 0 Å². The molecular formula is C18H22N2O2. The third-order valence-electron chi connectivity index (χ3n) is 3.76. The van der Waals surface area contributed by atoms with E-state index in [1.54, 1.807) is 7.11 Å². The highest BCUT2D eigenvalue weighted by Crippen LogP contribution is 2.19. The zero-order valence-corrected chi connectivity index (χ0v) is 13.0. The molecule has 2 rings (SSSR count). The zero-order valence-electron chi connectivity index (χ0n) is 13.0. The Hall–Kier alpha value is -2.33. The number of hydrogen-bond donors (Lipinski definition) is 2. The highest BCUT2D eigenvalue weighted by atomic mass is 16.5. The van der Waals surface area contributed by atoms with Gasteiger partial charge < -0.3 is 15.8 Å². The number of ether oxygens (including phenoxy) is 1. The molecule has 0 fully saturated rings. The van der Waals surface area contributed by atoms with Crippen LogP contribution in [0.15, 0.2) is 54.6 Å². The minimum atomic E-state index is -0.308. The second-order valence-electron chi connectivity index (χ2n) is 5.29. The molecule has 4 nitrogen and oxygen atoms in total. The van der Waals surface area contributed by atoms with Crippen LogP contribution in [-0.4, -0.2) is 13.0 Å². The summed E-state index contributed by atoms with van der Waals surface area (Å²) in [5.41, 5.74) is 8.16. The maximum Gasteiger partial charge on any atom is 0.225 e. The zero-order chi connectivity index (χ0) is 15.9. The standard InChI is InChI=1S/C18H22N2O2/c1-13(17(19)15-6-4-3-5-7-15)18(21)20-12-14-8-10-16(22-2)11-9-14/h3-11,13,17H,12,19H2,1-2H3,(H,20,21). The van der Waals surface area contributed by atoms with Crippen molar-refractivity contribution in [2.45, 2.75) is 19.5 Å². The molecule has 0 aliphatic heterocycles. The monoisotopic (exact) mass is 298 g/mol. The lowest BCUT2D eigenvalue weighted by Gasteiger charge is -2.20. The van der Waals surface area contributed by atoms with Gasteiger partial charge in [-0.1, -0.05) is 49.4 Å². The second kappa shape index (κ2) is 7.61. The molecule has 4 heteroatoms. The molecule has 0 aliphatic carbocycles. The maximum atomic E-state index is 12.2. The van der Waals surface area contributed by atoms with Crippen molar-refractivity contribution in [3.05, 3.63) is 65.7 Å². The molecule has 2 aromatic carbocycles. The van der Waals surface area contributed by atoms with E-state index in [0.29, 0.717) is 6.54 Å². The molecule has 0 bridgehead atoms. The number of nitrogens with one attached hydrogen (secondary N) is 1. The van der Waals surface area contributed by atoms with Crippen LogP contribution >= 0.6 is 0 Å². The largest absolute Gasteiger partial charge is 0.497 e. The summed E-state index contributed by atoms with van der Waals surface area (Å²) in [6.45, 7) is 2.33. The van der Waals surface area contributed by atoms with Crippen molar-refractivity contribution in [3.8, 4) is 5.75 Å². The number of carbonyl (C=O) groups is 1. The lowest BCUT2D eigenvalue weighted by Crippen LogP contribution is -2.35. The molecule has 1 amide bonds. The molecule has 2 atom stereocenters. The lowest BCUT2D eigenvalue weighted by molar-refractivity contribution is -0.125. The van der Waals surface area contributed by atoms with Crippen molar-refractivity contribution in [2.24, 2.45) is 11.7 Å². The van der Waals surface area contributed by atoms with Crippen LogP contribution in [0.2, 0.25) is 0 Å². The summed E-state index contributed by atoms with van der Waals surface area (Å²) in [4.78, 5) is 12.2. The Bertz CT molecular complexity index is 596. The second-order valence-corrected chi connectivity index (χ2v) is 5.29. The van der Waals surface area contributed by atoms with Crippen LogP contribution in [0, 0.1) is 5.92 Å². The van der Waals surface area contributed by atoms with Gasteiger partial charge in [-0.2, -0.15) is 0 Å². The fourth-order valence-corrected chi connectivity index (χ4v) is 2.22. The molecule has 0 spiro atoms. The summed E-state index contributed by atoms with van der Waals surface area (Å²) in [5, 5.41) is 2.93. The van der Waals surface area contributed by atoms with Gasteiger partial charge >= 0.3 is 0 Å². The van der Waals surface area contributed by atoms with Crippen molar-refractivity contribution in [2.75, 3.05) is 7.11 Å². The van der Waals surface area contributed by atoms with Gasteiger partial charge in [0.2, 0.25) is 5.91 Å². The van der Waals surface area contributed by atoms with Crippen molar-refractivity contribution in [3.63, 3.8) is 0 Å². The van der Waals surface area contributed by atoms with E-state index in [9.17, 15) is 4.79 Å². The molecule has 0 saturated heterocycles. The fraction of sp³-hybridized carbons (Fsp3) is 0.278. The van der Waals surface area contributed by atoms with Gasteiger partial charge in [-0.25, -0.2) is 0 Å². The molecule has 2 unspecified atom stereocenters. The normalized spacial score (nSPS) is 13.2. The third kappa shape index (κ3) is 4.09. The first-order valence-corrected chi connectivity index (χ1v) is 7.33. The van der Waals surface area contributed by atoms with Gasteiger partial charge in [0, 0.05) is 12.6 Å². The number of carbonyl (C=O) groups excluding carboxylic acids is 1. The maximum absolute atomic E-state index is 12.2. The van der Waals surface area contributed by atoms with E-state index in [2.05, 4.69) is 5.32 Å². The Morgan fingerprint density at radius 3 is 2.36 bits per heavy atom. The summed E-state index contributed by atoms with van der Waals surface area (Å²) in [7, 11) is 1.63. The average Bonchev–Trinajstić information content (AvgIpc) is 2.59. The van der Waals surface area contributed by atoms with Crippen molar-refractivity contribution < 1.29 is 9.53 Å². The molecule has 0 radical (unpaired) electrons. The Labute approximate surface area is 131 Å². The molecule has 22 heavy (non-hydrogen) atoms. The highest BCUT2D eigenvalue weighted by Gasteiger charge is 2.21. The van der Waals surface area contributed by atoms with E-state index in [1.807, 2.05) is 61.5 Å². The third-order valence-corrected chi connectivity index (χ3v) is 3.76. The number of methoxy groups -OCH3 is 1. The van der Waals surface area contributed by atoms with Crippen LogP contribution in [0.1, 0.15) is 24.1 Å². The van der Waals surface area contributed by atoms with Gasteiger partial charge in [0.05, 0.1) is 13.0 Å². The first kappa shape index (κ1) is 16.0. The van der Waals surface area contributed by atoms with Gasteiger partial charge in [0.1, 0.15) is 5.75 Å². The number of amides is 1. The lowest BCUT2D eigenvalue weighted by atomic mass is 9.94. The quantitative estimate of drug-likeness (QED) is 0.861. The summed E-state index contributed by atoms with van der Waals surface area (Å²) in [6, 6.07) is 17.0. The Kier molecular flexibility index (Phi) is 5.55. The van der Waals surface area contributed by atoms with Crippen LogP contribution in [0.25, 0.3) is 0 Å². The van der Waals surface area contributed by atoms with Gasteiger partial charge in [-0.3, -0.25) is 4.79 Å². The van der Waals surface area contributed by atoms with Crippen LogP contribution in [0.3, 0.4) is 0 Å². The molecule has 116 valence electrons. The number of hydrogen-bond acceptors (Lipinski definition) is 3. The smallest absolute Gasteiger partial charge is 0.225 e. The van der Waals surface area contributed by atoms with Crippen molar-refractivity contribution in [1.29, 1.82) is 0 Å². The minimum absolute atomic E-state index is 0.0489. The summed E-state index contributed by atoms with van der Waals surface area (Å²) in [5.74, 6) is 0.461. The summed E-state index contributed by atoms with van der Waals surface area (Å²) in [6.07, 6.45) is 0. The fourth-order valence-electron chi connectivity index (χ4n) is 2.22. The molecular weight excluding hydrogens is 276 g/mol. The highest BCUT2D eigenvalue weighted by molar-refractivity contribution is 5.79. The van der Waals surface area contributed by atoms with E-state index >= 15 is 0 Å². The van der Waals surface area contributed by atoms with Gasteiger partial charge in [0.25, 0.3) is 0 Å². The van der Waals surface area contributed by atoms with E-state index < -0.39 is 0 Å². The Morgan fingerprint density at radius 2 is 1.77 bits per heavy atom. The van der Waals surface area contributed by atoms with Crippen LogP contribution < -0.4 is 15.8 Å². The molecule has 0 heterocycles. The first-order valence-electron chi connectivity index (χ1n) is 7.33. The molecule has 0 aromatic heterocycles. The van der Waals surface area contributed by atoms with Gasteiger partial charge in [-0.15, -0.1) is 0 Å². The van der Waals surface area contributed by atoms with E-state index in [-0.39, 0.29) is 17.9 Å². The van der Waals surface area contributed by atoms with E-state index in [0.717, 1.165) is 16.9 Å². The molecule has 0 saturated carbocycles. The SMILES string of the molecule is COc1ccc(CNC(=O)C(C)C(N)c2ccccc2)cc1. The van der Waals surface area contributed by atoms with Crippen molar-refractivity contribution in [1.82, 2.24) is 5.32 Å². The van der Waals surface area contributed by atoms with Crippen LogP contribution in [0.5, 0.6) is 5.75 Å². The Balaban J connectivity index is 1.90. The number of rotatable bonds is 6. The molecule has 3 N–H and O–H groups in total. The van der Waals surface area contributed by atoms with Crippen molar-refractivity contribution >= 4 is 5.91 Å². The minimum Gasteiger partial charge on any atom is -0.497 e. The number of benzene rings is 2. The first-order chi connectivity index (χ1) is 10.6. The van der Waals surface area contributed by atoms with Crippen LogP contribution in [0.4, 0.5) is 0 Å². The number of nitrogens with two attached hydrogens (primary N) is 1. The van der Waals surface area contributed by atoms with Gasteiger partial charge in [-0.05, 0) is 23.3 Å². The predicted molar refractivity (Wildman–Crippen MR) is 87.4 cm³/mol. The van der Waals surface area contributed by atoms with E-state index in [4.69, 9.17) is 10.5 Å². The topological polar surface area (TPSA) is 64.3 Å². The predicted octanol–water partition coefficient (Wildman–Crippen LogP) is 2.65. The summed E-state index contributed by atoms with van der Waals surface area (Å²) >= 11 is 0. The Morgan fingerprint density at radius 1 is 1.14 bits per heavy atom. The molecule has 2 aromatic rings. The summed E-state index contributed by atoms with van der Waals surface area (Å²) < 4.78 is 5.11.